The van der Waals surface area contributed by atoms with Crippen LogP contribution >= 0.6 is 0 Å². The zero-order valence-corrected chi connectivity index (χ0v) is 12.1. The highest BCUT2D eigenvalue weighted by Gasteiger charge is 2.42. The van der Waals surface area contributed by atoms with Crippen LogP contribution in [0.2, 0.25) is 0 Å². The Balaban J connectivity index is 1.56. The van der Waals surface area contributed by atoms with Crippen molar-refractivity contribution >= 4 is 17.1 Å². The lowest BCUT2D eigenvalue weighted by atomic mass is 9.94. The highest BCUT2D eigenvalue weighted by atomic mass is 16.2. The number of H-pyrrole nitrogens is 1. The van der Waals surface area contributed by atoms with Crippen LogP contribution in [0.3, 0.4) is 0 Å². The molecule has 6 heteroatoms. The first-order chi connectivity index (χ1) is 10.2. The zero-order chi connectivity index (χ0) is 14.4. The van der Waals surface area contributed by atoms with Crippen molar-refractivity contribution in [2.24, 2.45) is 11.8 Å². The summed E-state index contributed by atoms with van der Waals surface area (Å²) in [5.74, 6) is 1.46. The number of likely N-dealkylation sites (tertiary alicyclic amines) is 1. The van der Waals surface area contributed by atoms with E-state index < -0.39 is 0 Å². The number of carbonyl (C=O) groups excluding carboxylic acids is 1. The van der Waals surface area contributed by atoms with Crippen LogP contribution in [0.15, 0.2) is 12.4 Å². The molecule has 0 unspecified atom stereocenters. The second-order valence-electron chi connectivity index (χ2n) is 6.31. The molecule has 1 saturated carbocycles. The standard InChI is InChI=1S/C15H19N5O/c1-9-7-11(9)15(21)20-6-2-3-10(8-20)12-13-14(19-18-12)17-5-4-16-13/h4-5,9-11H,2-3,6-8H2,1H3,(H,17,18,19)/t9-,10+,11-/m1/s1. The molecule has 4 rings (SSSR count). The maximum Gasteiger partial charge on any atom is 0.225 e. The summed E-state index contributed by atoms with van der Waals surface area (Å²) in [6.45, 7) is 3.81. The van der Waals surface area contributed by atoms with Gasteiger partial charge in [-0.05, 0) is 25.2 Å². The Hall–Kier alpha value is -1.98. The van der Waals surface area contributed by atoms with Crippen LogP contribution in [0.4, 0.5) is 0 Å². The Labute approximate surface area is 123 Å². The molecule has 1 amide bonds. The maximum atomic E-state index is 12.4. The normalized spacial score (nSPS) is 28.8. The van der Waals surface area contributed by atoms with Crippen LogP contribution in [0.25, 0.3) is 11.2 Å². The van der Waals surface area contributed by atoms with Crippen LogP contribution in [0, 0.1) is 11.8 Å². The van der Waals surface area contributed by atoms with E-state index in [0.29, 0.717) is 23.4 Å². The number of aromatic amines is 1. The minimum Gasteiger partial charge on any atom is -0.342 e. The van der Waals surface area contributed by atoms with E-state index in [1.807, 2.05) is 4.90 Å². The van der Waals surface area contributed by atoms with Crippen molar-refractivity contribution in [2.75, 3.05) is 13.1 Å². The molecule has 2 aromatic rings. The molecule has 110 valence electrons. The van der Waals surface area contributed by atoms with Crippen LogP contribution in [0.1, 0.15) is 37.8 Å². The lowest BCUT2D eigenvalue weighted by Gasteiger charge is -2.32. The van der Waals surface area contributed by atoms with Gasteiger partial charge in [0.2, 0.25) is 5.91 Å². The van der Waals surface area contributed by atoms with Crippen molar-refractivity contribution in [1.29, 1.82) is 0 Å². The number of carbonyl (C=O) groups is 1. The molecule has 1 saturated heterocycles. The predicted molar refractivity (Wildman–Crippen MR) is 77.5 cm³/mol. The second kappa shape index (κ2) is 4.79. The van der Waals surface area contributed by atoms with E-state index in [2.05, 4.69) is 27.1 Å². The molecule has 2 aliphatic rings. The Morgan fingerprint density at radius 3 is 3.00 bits per heavy atom. The van der Waals surface area contributed by atoms with E-state index in [9.17, 15) is 4.79 Å². The molecule has 1 N–H and O–H groups in total. The van der Waals surface area contributed by atoms with Crippen LogP contribution in [-0.2, 0) is 4.79 Å². The molecule has 3 heterocycles. The number of amides is 1. The van der Waals surface area contributed by atoms with Crippen molar-refractivity contribution in [3.8, 4) is 0 Å². The molecule has 2 fully saturated rings. The van der Waals surface area contributed by atoms with Gasteiger partial charge in [-0.15, -0.1) is 0 Å². The molecule has 3 atom stereocenters. The van der Waals surface area contributed by atoms with E-state index in [1.165, 1.54) is 0 Å². The molecule has 0 bridgehead atoms. The molecule has 1 aliphatic carbocycles. The number of aromatic nitrogens is 4. The number of piperidine rings is 1. The average Bonchev–Trinajstić information content (AvgIpc) is 3.10. The Kier molecular flexibility index (Phi) is 2.90. The van der Waals surface area contributed by atoms with Crippen molar-refractivity contribution in [1.82, 2.24) is 25.1 Å². The van der Waals surface area contributed by atoms with Gasteiger partial charge < -0.3 is 4.90 Å². The summed E-state index contributed by atoms with van der Waals surface area (Å²) in [5.41, 5.74) is 2.53. The number of rotatable bonds is 2. The SMILES string of the molecule is C[C@@H]1C[C@H]1C(=O)N1CCC[C@H](c2[nH]nc3nccnc23)C1. The van der Waals surface area contributed by atoms with Gasteiger partial charge in [0, 0.05) is 37.3 Å². The third-order valence-electron chi connectivity index (χ3n) is 4.78. The highest BCUT2D eigenvalue weighted by Crippen LogP contribution is 2.40. The molecule has 6 nitrogen and oxygen atoms in total. The van der Waals surface area contributed by atoms with E-state index in [-0.39, 0.29) is 5.92 Å². The quantitative estimate of drug-likeness (QED) is 0.911. The molecule has 21 heavy (non-hydrogen) atoms. The first kappa shape index (κ1) is 12.7. The van der Waals surface area contributed by atoms with Gasteiger partial charge in [-0.2, -0.15) is 5.10 Å². The fourth-order valence-corrected chi connectivity index (χ4v) is 3.37. The van der Waals surface area contributed by atoms with E-state index >= 15 is 0 Å². The minimum absolute atomic E-state index is 0.266. The summed E-state index contributed by atoms with van der Waals surface area (Å²) >= 11 is 0. The number of hydrogen-bond acceptors (Lipinski definition) is 4. The smallest absolute Gasteiger partial charge is 0.225 e. The monoisotopic (exact) mass is 285 g/mol. The van der Waals surface area contributed by atoms with Crippen molar-refractivity contribution in [2.45, 2.75) is 32.1 Å². The van der Waals surface area contributed by atoms with Crippen molar-refractivity contribution in [3.05, 3.63) is 18.1 Å². The van der Waals surface area contributed by atoms with Crippen molar-refractivity contribution in [3.63, 3.8) is 0 Å². The lowest BCUT2D eigenvalue weighted by molar-refractivity contribution is -0.134. The third-order valence-corrected chi connectivity index (χ3v) is 4.78. The predicted octanol–water partition coefficient (Wildman–Crippen LogP) is 1.71. The molecule has 2 aromatic heterocycles. The first-order valence-electron chi connectivity index (χ1n) is 7.68. The molecule has 0 radical (unpaired) electrons. The summed E-state index contributed by atoms with van der Waals surface area (Å²) in [7, 11) is 0. The summed E-state index contributed by atoms with van der Waals surface area (Å²) in [6, 6.07) is 0. The molecule has 0 spiro atoms. The van der Waals surface area contributed by atoms with Crippen LogP contribution in [-0.4, -0.2) is 44.1 Å². The molecular weight excluding hydrogens is 266 g/mol. The Bertz CT molecular complexity index is 682. The number of fused-ring (bicyclic) bond motifs is 1. The number of nitrogens with one attached hydrogen (secondary N) is 1. The Morgan fingerprint density at radius 1 is 1.38 bits per heavy atom. The third kappa shape index (κ3) is 2.18. The van der Waals surface area contributed by atoms with Crippen LogP contribution in [0.5, 0.6) is 0 Å². The summed E-state index contributed by atoms with van der Waals surface area (Å²) in [6.07, 6.45) is 6.51. The molecule has 0 aromatic carbocycles. The maximum absolute atomic E-state index is 12.4. The van der Waals surface area contributed by atoms with E-state index in [0.717, 1.165) is 43.6 Å². The fraction of sp³-hybridized carbons (Fsp3) is 0.600. The summed E-state index contributed by atoms with van der Waals surface area (Å²) in [5, 5.41) is 7.30. The topological polar surface area (TPSA) is 74.8 Å². The molecular formula is C15H19N5O. The highest BCUT2D eigenvalue weighted by molar-refractivity contribution is 5.82. The van der Waals surface area contributed by atoms with E-state index in [4.69, 9.17) is 0 Å². The number of hydrogen-bond donors (Lipinski definition) is 1. The molecule has 1 aliphatic heterocycles. The van der Waals surface area contributed by atoms with Gasteiger partial charge in [-0.3, -0.25) is 9.89 Å². The average molecular weight is 285 g/mol. The first-order valence-corrected chi connectivity index (χ1v) is 7.68. The largest absolute Gasteiger partial charge is 0.342 e. The zero-order valence-electron chi connectivity index (χ0n) is 12.1. The van der Waals surface area contributed by atoms with Crippen LogP contribution < -0.4 is 0 Å². The Morgan fingerprint density at radius 2 is 2.19 bits per heavy atom. The summed E-state index contributed by atoms with van der Waals surface area (Å²) in [4.78, 5) is 23.1. The fourth-order valence-electron chi connectivity index (χ4n) is 3.37. The van der Waals surface area contributed by atoms with Crippen molar-refractivity contribution < 1.29 is 4.79 Å². The lowest BCUT2D eigenvalue weighted by Crippen LogP contribution is -2.40. The van der Waals surface area contributed by atoms with Gasteiger partial charge in [0.15, 0.2) is 5.65 Å². The van der Waals surface area contributed by atoms with Gasteiger partial charge in [0.25, 0.3) is 0 Å². The van der Waals surface area contributed by atoms with Gasteiger partial charge in [-0.1, -0.05) is 6.92 Å². The van der Waals surface area contributed by atoms with Gasteiger partial charge >= 0.3 is 0 Å². The van der Waals surface area contributed by atoms with Gasteiger partial charge in [0.1, 0.15) is 5.52 Å². The summed E-state index contributed by atoms with van der Waals surface area (Å²) < 4.78 is 0. The van der Waals surface area contributed by atoms with Gasteiger partial charge in [-0.25, -0.2) is 9.97 Å². The number of nitrogens with zero attached hydrogens (tertiary/aromatic N) is 4. The van der Waals surface area contributed by atoms with Gasteiger partial charge in [0.05, 0.1) is 5.69 Å². The second-order valence-corrected chi connectivity index (χ2v) is 6.31. The van der Waals surface area contributed by atoms with E-state index in [1.54, 1.807) is 12.4 Å². The minimum atomic E-state index is 0.266.